The van der Waals surface area contributed by atoms with Crippen molar-refractivity contribution in [2.75, 3.05) is 13.1 Å². The van der Waals surface area contributed by atoms with Crippen molar-refractivity contribution in [3.05, 3.63) is 71.6 Å². The minimum absolute atomic E-state index is 0.293. The van der Waals surface area contributed by atoms with Crippen LogP contribution in [0.5, 0.6) is 0 Å². The Morgan fingerprint density at radius 2 is 1.88 bits per heavy atom. The van der Waals surface area contributed by atoms with Crippen LogP contribution in [0.4, 0.5) is 4.79 Å². The molecule has 0 unspecified atom stereocenters. The zero-order valence-electron chi connectivity index (χ0n) is 23.7. The second-order valence-electron chi connectivity index (χ2n) is 11.5. The van der Waals surface area contributed by atoms with E-state index in [0.717, 1.165) is 52.2 Å². The van der Waals surface area contributed by atoms with Crippen LogP contribution in [-0.4, -0.2) is 49.6 Å². The van der Waals surface area contributed by atoms with Gasteiger partial charge in [0, 0.05) is 18.5 Å². The number of aromatic amines is 2. The summed E-state index contributed by atoms with van der Waals surface area (Å²) in [6.07, 6.45) is 5.60. The molecule has 0 spiro atoms. The third-order valence-electron chi connectivity index (χ3n) is 7.21. The van der Waals surface area contributed by atoms with Crippen molar-refractivity contribution in [3.63, 3.8) is 0 Å². The molecule has 6 rings (SSSR count). The van der Waals surface area contributed by atoms with Gasteiger partial charge in [0.15, 0.2) is 6.04 Å². The zero-order chi connectivity index (χ0) is 28.4. The number of rotatable bonds is 3. The first kappa shape index (κ1) is 26.7. The van der Waals surface area contributed by atoms with E-state index in [-0.39, 0.29) is 6.09 Å². The van der Waals surface area contributed by atoms with Crippen LogP contribution in [-0.2, 0) is 4.74 Å². The second kappa shape index (κ2) is 11.2. The molecule has 0 radical (unpaired) electrons. The predicted molar refractivity (Wildman–Crippen MR) is 159 cm³/mol. The summed E-state index contributed by atoms with van der Waals surface area (Å²) in [6.45, 7) is 7.13. The first-order valence-corrected chi connectivity index (χ1v) is 14.2. The van der Waals surface area contributed by atoms with E-state index in [0.29, 0.717) is 24.8 Å². The average molecular weight is 547 g/mol. The van der Waals surface area contributed by atoms with Gasteiger partial charge in [-0.2, -0.15) is 0 Å². The van der Waals surface area contributed by atoms with E-state index in [4.69, 9.17) is 9.72 Å². The van der Waals surface area contributed by atoms with Crippen molar-refractivity contribution in [3.8, 4) is 34.8 Å². The first-order chi connectivity index (χ1) is 19.8. The quantitative estimate of drug-likeness (QED) is 0.280. The van der Waals surface area contributed by atoms with Gasteiger partial charge in [-0.25, -0.2) is 14.8 Å². The number of ether oxygens (including phenoxy) is 1. The topological polar surface area (TPSA) is 98.9 Å². The maximum atomic E-state index is 12.9. The van der Waals surface area contributed by atoms with Gasteiger partial charge >= 0.3 is 6.09 Å². The lowest BCUT2D eigenvalue weighted by atomic mass is 10.0. The van der Waals surface area contributed by atoms with Gasteiger partial charge in [0.2, 0.25) is 0 Å². The molecule has 2 atom stereocenters. The number of benzene rings is 2. The Balaban J connectivity index is 1.17. The molecular weight excluding hydrogens is 512 g/mol. The number of aromatic nitrogens is 4. The molecule has 8 nitrogen and oxygen atoms in total. The van der Waals surface area contributed by atoms with Gasteiger partial charge in [-0.3, -0.25) is 4.90 Å². The minimum Gasteiger partial charge on any atom is -0.444 e. The lowest BCUT2D eigenvalue weighted by molar-refractivity contribution is 0.0197. The van der Waals surface area contributed by atoms with Gasteiger partial charge in [-0.15, -0.1) is 0 Å². The van der Waals surface area contributed by atoms with Crippen LogP contribution < -0.4 is 5.32 Å². The molecule has 41 heavy (non-hydrogen) atoms. The Bertz CT molecular complexity index is 1680. The number of carbonyl (C=O) groups is 1. The molecule has 0 bridgehead atoms. The van der Waals surface area contributed by atoms with Gasteiger partial charge in [0.1, 0.15) is 22.9 Å². The van der Waals surface area contributed by atoms with E-state index in [1.165, 1.54) is 12.8 Å². The number of hydrogen-bond donors (Lipinski definition) is 3. The first-order valence-electron chi connectivity index (χ1n) is 14.2. The van der Waals surface area contributed by atoms with E-state index in [2.05, 4.69) is 68.2 Å². The minimum atomic E-state index is -0.578. The third kappa shape index (κ3) is 6.14. The highest BCUT2D eigenvalue weighted by Gasteiger charge is 2.31. The maximum Gasteiger partial charge on any atom is 0.411 e. The summed E-state index contributed by atoms with van der Waals surface area (Å²) in [4.78, 5) is 30.5. The number of nitrogens with zero attached hydrogens (tertiary/aromatic N) is 3. The summed E-state index contributed by atoms with van der Waals surface area (Å²) in [5, 5.41) is 3.51. The summed E-state index contributed by atoms with van der Waals surface area (Å²) < 4.78 is 5.62. The average Bonchev–Trinajstić information content (AvgIpc) is 3.63. The van der Waals surface area contributed by atoms with E-state index >= 15 is 0 Å². The van der Waals surface area contributed by atoms with Crippen molar-refractivity contribution < 1.29 is 9.53 Å². The summed E-state index contributed by atoms with van der Waals surface area (Å²) in [5.41, 5.74) is 5.03. The van der Waals surface area contributed by atoms with Gasteiger partial charge in [-0.1, -0.05) is 42.4 Å². The van der Waals surface area contributed by atoms with Crippen LogP contribution >= 0.6 is 0 Å². The Morgan fingerprint density at radius 3 is 2.66 bits per heavy atom. The van der Waals surface area contributed by atoms with Gasteiger partial charge in [-0.05, 0) is 81.5 Å². The number of hydrogen-bond acceptors (Lipinski definition) is 5. The fourth-order valence-corrected chi connectivity index (χ4v) is 5.17. The highest BCUT2D eigenvalue weighted by Crippen LogP contribution is 2.28. The van der Waals surface area contributed by atoms with Crippen molar-refractivity contribution in [1.29, 1.82) is 0 Å². The molecule has 4 aromatic rings. The molecule has 2 aromatic heterocycles. The van der Waals surface area contributed by atoms with E-state index < -0.39 is 11.6 Å². The van der Waals surface area contributed by atoms with Crippen LogP contribution in [0.15, 0.2) is 48.7 Å². The van der Waals surface area contributed by atoms with Gasteiger partial charge in [0.05, 0.1) is 23.3 Å². The SMILES string of the molecule is CC(C)(C)OC(=O)N1CCC#C[C@H]1c1nc2ccc(-c3ccc(C#Cc4cnc([C@@H]5CCCCN5)[nH]4)cc3)cc2[nH]1. The van der Waals surface area contributed by atoms with Crippen LogP contribution in [0.25, 0.3) is 22.2 Å². The van der Waals surface area contributed by atoms with Crippen molar-refractivity contribution in [2.45, 2.75) is 64.1 Å². The summed E-state index contributed by atoms with van der Waals surface area (Å²) in [7, 11) is 0. The normalized spacial score (nSPS) is 18.8. The number of piperidine rings is 1. The van der Waals surface area contributed by atoms with Gasteiger partial charge in [0.25, 0.3) is 0 Å². The van der Waals surface area contributed by atoms with Crippen molar-refractivity contribution >= 4 is 17.1 Å². The lowest BCUT2D eigenvalue weighted by Crippen LogP contribution is -2.41. The highest BCUT2D eigenvalue weighted by molar-refractivity contribution is 5.82. The molecule has 2 aromatic carbocycles. The highest BCUT2D eigenvalue weighted by atomic mass is 16.6. The molecule has 0 aliphatic carbocycles. The second-order valence-corrected chi connectivity index (χ2v) is 11.5. The van der Waals surface area contributed by atoms with Crippen LogP contribution in [0.1, 0.15) is 81.4 Å². The number of amides is 1. The molecule has 3 N–H and O–H groups in total. The molecule has 1 fully saturated rings. The summed E-state index contributed by atoms with van der Waals surface area (Å²) in [5.74, 6) is 14.3. The molecule has 8 heteroatoms. The molecule has 1 saturated heterocycles. The van der Waals surface area contributed by atoms with E-state index in [1.54, 1.807) is 4.90 Å². The van der Waals surface area contributed by atoms with Crippen LogP contribution in [0.3, 0.4) is 0 Å². The smallest absolute Gasteiger partial charge is 0.411 e. The van der Waals surface area contributed by atoms with E-state index in [9.17, 15) is 4.79 Å². The lowest BCUT2D eigenvalue weighted by Gasteiger charge is -2.31. The Hall–Kier alpha value is -4.53. The molecule has 2 aliphatic rings. The van der Waals surface area contributed by atoms with Crippen LogP contribution in [0.2, 0.25) is 0 Å². The molecule has 0 saturated carbocycles. The van der Waals surface area contributed by atoms with Gasteiger partial charge < -0.3 is 20.0 Å². The molecule has 1 amide bonds. The number of nitrogens with one attached hydrogen (secondary N) is 3. The Labute approximate surface area is 240 Å². The Kier molecular flexibility index (Phi) is 7.26. The predicted octanol–water partition coefficient (Wildman–Crippen LogP) is 5.85. The molecule has 2 aliphatic heterocycles. The fraction of sp³-hybridized carbons (Fsp3) is 0.364. The molecule has 208 valence electrons. The third-order valence-corrected chi connectivity index (χ3v) is 7.21. The fourth-order valence-electron chi connectivity index (χ4n) is 5.17. The maximum absolute atomic E-state index is 12.9. The van der Waals surface area contributed by atoms with Crippen molar-refractivity contribution in [1.82, 2.24) is 30.2 Å². The summed E-state index contributed by atoms with van der Waals surface area (Å²) in [6, 6.07) is 14.1. The molecular formula is C33H34N6O2. The van der Waals surface area contributed by atoms with E-state index in [1.807, 2.05) is 45.2 Å². The molecule has 4 heterocycles. The van der Waals surface area contributed by atoms with Crippen molar-refractivity contribution in [2.24, 2.45) is 0 Å². The Morgan fingerprint density at radius 1 is 1.05 bits per heavy atom. The zero-order valence-corrected chi connectivity index (χ0v) is 23.7. The largest absolute Gasteiger partial charge is 0.444 e. The number of H-pyrrole nitrogens is 2. The monoisotopic (exact) mass is 546 g/mol. The standard InChI is InChI=1S/C33H34N6O2/c1-33(2,3)41-32(40)39-19-7-5-9-29(39)31-37-26-17-15-24(20-28(26)38-31)23-13-10-22(11-14-23)12-16-25-21-35-30(36-25)27-8-4-6-18-34-27/h10-11,13-15,17,20-21,27,29,34H,4,6-8,18-19H2,1-3H3,(H,35,36)(H,37,38)/t27-,29-/m0/s1. The number of imidazole rings is 2. The number of fused-ring (bicyclic) bond motifs is 1. The number of carbonyl (C=O) groups excluding carboxylic acids is 1. The van der Waals surface area contributed by atoms with Crippen LogP contribution in [0, 0.1) is 23.7 Å². The summed E-state index contributed by atoms with van der Waals surface area (Å²) >= 11 is 0.